The van der Waals surface area contributed by atoms with Crippen molar-refractivity contribution in [2.45, 2.75) is 6.92 Å². The molecule has 15 heavy (non-hydrogen) atoms. The van der Waals surface area contributed by atoms with Crippen molar-refractivity contribution in [1.29, 1.82) is 0 Å². The molecule has 0 saturated heterocycles. The molecule has 0 saturated carbocycles. The Morgan fingerprint density at radius 1 is 1.53 bits per heavy atom. The van der Waals surface area contributed by atoms with Crippen molar-refractivity contribution in [2.75, 3.05) is 6.61 Å². The van der Waals surface area contributed by atoms with Gasteiger partial charge >= 0.3 is 17.6 Å². The molecule has 0 aliphatic carbocycles. The van der Waals surface area contributed by atoms with E-state index in [2.05, 4.69) is 4.74 Å². The van der Waals surface area contributed by atoms with Crippen LogP contribution in [0.15, 0.2) is 18.3 Å². The molecule has 1 rings (SSSR count). The van der Waals surface area contributed by atoms with Gasteiger partial charge in [0.05, 0.1) is 6.61 Å². The first-order chi connectivity index (χ1) is 7.06. The van der Waals surface area contributed by atoms with Crippen LogP contribution in [0, 0.1) is 5.21 Å². The number of hydrogen-bond donors (Lipinski definition) is 1. The Hall–Kier alpha value is -2.11. The lowest BCUT2D eigenvalue weighted by molar-refractivity contribution is -0.608. The molecule has 1 aromatic heterocycles. The van der Waals surface area contributed by atoms with E-state index in [1.54, 1.807) is 6.92 Å². The number of aromatic nitrogens is 1. The molecule has 1 N–H and O–H groups in total. The smallest absolute Gasteiger partial charge is 0.402 e. The molecule has 0 aliphatic rings. The van der Waals surface area contributed by atoms with Crippen LogP contribution in [0.25, 0.3) is 0 Å². The van der Waals surface area contributed by atoms with E-state index >= 15 is 0 Å². The van der Waals surface area contributed by atoms with Gasteiger partial charge < -0.3 is 15.1 Å². The standard InChI is InChI=1S/C9H9NO5/c1-2-15-9(13)6-3-4-7(8(11)12)10(14)5-6/h3-5H,2H2,1H3,(H,11,12). The number of ether oxygens (including phenoxy) is 1. The topological polar surface area (TPSA) is 90.5 Å². The number of rotatable bonds is 3. The van der Waals surface area contributed by atoms with Crippen LogP contribution in [-0.4, -0.2) is 23.7 Å². The van der Waals surface area contributed by atoms with Gasteiger partial charge in [0.2, 0.25) is 0 Å². The Balaban J connectivity index is 3.01. The molecule has 0 fully saturated rings. The van der Waals surface area contributed by atoms with Crippen molar-refractivity contribution in [3.63, 3.8) is 0 Å². The third-order valence-corrected chi connectivity index (χ3v) is 1.64. The third kappa shape index (κ3) is 2.43. The second-order valence-electron chi connectivity index (χ2n) is 2.65. The fraction of sp³-hybridized carbons (Fsp3) is 0.222. The number of carboxylic acids is 1. The number of aromatic carboxylic acids is 1. The van der Waals surface area contributed by atoms with Gasteiger partial charge in [0.25, 0.3) is 0 Å². The predicted octanol–water partition coefficient (Wildman–Crippen LogP) is 0.195. The minimum absolute atomic E-state index is 0.0249. The molecule has 6 nitrogen and oxygen atoms in total. The van der Waals surface area contributed by atoms with Crippen LogP contribution in [0.4, 0.5) is 0 Å². The van der Waals surface area contributed by atoms with Gasteiger partial charge in [0.1, 0.15) is 5.56 Å². The number of hydrogen-bond acceptors (Lipinski definition) is 4. The zero-order valence-corrected chi connectivity index (χ0v) is 7.97. The van der Waals surface area contributed by atoms with Gasteiger partial charge in [-0.25, -0.2) is 9.59 Å². The van der Waals surface area contributed by atoms with Crippen LogP contribution in [0.3, 0.4) is 0 Å². The molecule has 80 valence electrons. The first-order valence-corrected chi connectivity index (χ1v) is 4.20. The summed E-state index contributed by atoms with van der Waals surface area (Å²) in [7, 11) is 0. The zero-order chi connectivity index (χ0) is 11.4. The average molecular weight is 211 g/mol. The maximum absolute atomic E-state index is 11.2. The van der Waals surface area contributed by atoms with Gasteiger partial charge in [-0.05, 0) is 13.0 Å². The highest BCUT2D eigenvalue weighted by molar-refractivity contribution is 5.90. The van der Waals surface area contributed by atoms with Crippen LogP contribution in [0.1, 0.15) is 27.8 Å². The molecule has 0 aliphatic heterocycles. The first kappa shape index (κ1) is 11.0. The van der Waals surface area contributed by atoms with E-state index in [1.165, 1.54) is 6.07 Å². The van der Waals surface area contributed by atoms with E-state index in [4.69, 9.17) is 5.11 Å². The lowest BCUT2D eigenvalue weighted by atomic mass is 10.2. The van der Waals surface area contributed by atoms with E-state index in [1.807, 2.05) is 0 Å². The molecule has 0 unspecified atom stereocenters. The fourth-order valence-corrected chi connectivity index (χ4v) is 0.982. The summed E-state index contributed by atoms with van der Waals surface area (Å²) in [4.78, 5) is 21.6. The van der Waals surface area contributed by atoms with Gasteiger partial charge in [-0.1, -0.05) is 0 Å². The molecule has 1 heterocycles. The molecule has 0 aromatic carbocycles. The highest BCUT2D eigenvalue weighted by atomic mass is 16.5. The largest absolute Gasteiger partial charge is 0.618 e. The zero-order valence-electron chi connectivity index (χ0n) is 7.97. The Morgan fingerprint density at radius 2 is 2.20 bits per heavy atom. The SMILES string of the molecule is CCOC(=O)c1ccc(C(=O)O)[n+]([O-])c1. The molecule has 0 atom stereocenters. The highest BCUT2D eigenvalue weighted by Gasteiger charge is 2.17. The highest BCUT2D eigenvalue weighted by Crippen LogP contribution is 2.00. The number of carboxylic acid groups (broad SMARTS) is 1. The number of pyridine rings is 1. The summed E-state index contributed by atoms with van der Waals surface area (Å²) in [6, 6.07) is 2.29. The summed E-state index contributed by atoms with van der Waals surface area (Å²) in [5.74, 6) is -2.00. The third-order valence-electron chi connectivity index (χ3n) is 1.64. The summed E-state index contributed by atoms with van der Waals surface area (Å²) < 4.78 is 4.76. The molecule has 0 radical (unpaired) electrons. The van der Waals surface area contributed by atoms with E-state index in [9.17, 15) is 14.8 Å². The number of carbonyl (C=O) groups is 2. The van der Waals surface area contributed by atoms with Crippen LogP contribution in [-0.2, 0) is 4.74 Å². The summed E-state index contributed by atoms with van der Waals surface area (Å²) in [5.41, 5.74) is -0.417. The van der Waals surface area contributed by atoms with Crippen molar-refractivity contribution in [3.8, 4) is 0 Å². The second kappa shape index (κ2) is 4.41. The predicted molar refractivity (Wildman–Crippen MR) is 48.3 cm³/mol. The number of carbonyl (C=O) groups excluding carboxylic acids is 1. The second-order valence-corrected chi connectivity index (χ2v) is 2.65. The quantitative estimate of drug-likeness (QED) is 0.438. The molecule has 0 amide bonds. The molecule has 1 aromatic rings. The van der Waals surface area contributed by atoms with Gasteiger partial charge in [-0.3, -0.25) is 0 Å². The summed E-state index contributed by atoms with van der Waals surface area (Å²) in [6.07, 6.45) is 0.876. The Kier molecular flexibility index (Phi) is 3.22. The Morgan fingerprint density at radius 3 is 2.67 bits per heavy atom. The maximum Gasteiger partial charge on any atom is 0.402 e. The van der Waals surface area contributed by atoms with Crippen LogP contribution >= 0.6 is 0 Å². The average Bonchev–Trinajstić information content (AvgIpc) is 2.17. The molecule has 6 heteroatoms. The minimum Gasteiger partial charge on any atom is -0.618 e. The van der Waals surface area contributed by atoms with Crippen molar-refractivity contribution < 1.29 is 24.2 Å². The Bertz CT molecular complexity index is 401. The van der Waals surface area contributed by atoms with Crippen molar-refractivity contribution in [1.82, 2.24) is 0 Å². The van der Waals surface area contributed by atoms with E-state index in [0.29, 0.717) is 0 Å². The van der Waals surface area contributed by atoms with Crippen molar-refractivity contribution in [3.05, 3.63) is 34.8 Å². The molecule has 0 spiro atoms. The summed E-state index contributed by atoms with van der Waals surface area (Å²) in [6.45, 7) is 1.83. The Labute approximate surface area is 85.3 Å². The molecule has 0 bridgehead atoms. The van der Waals surface area contributed by atoms with Gasteiger partial charge in [-0.15, -0.1) is 0 Å². The van der Waals surface area contributed by atoms with Crippen LogP contribution < -0.4 is 4.73 Å². The monoisotopic (exact) mass is 211 g/mol. The molecular weight excluding hydrogens is 202 g/mol. The lowest BCUT2D eigenvalue weighted by Crippen LogP contribution is -2.35. The van der Waals surface area contributed by atoms with E-state index in [0.717, 1.165) is 12.3 Å². The maximum atomic E-state index is 11.2. The minimum atomic E-state index is -1.35. The van der Waals surface area contributed by atoms with Gasteiger partial charge in [0, 0.05) is 6.07 Å². The normalized spacial score (nSPS) is 9.67. The summed E-state index contributed by atoms with van der Waals surface area (Å²) in [5, 5.41) is 19.7. The van der Waals surface area contributed by atoms with Crippen LogP contribution in [0.2, 0.25) is 0 Å². The van der Waals surface area contributed by atoms with Crippen molar-refractivity contribution >= 4 is 11.9 Å². The fourth-order valence-electron chi connectivity index (χ4n) is 0.982. The van der Waals surface area contributed by atoms with Crippen LogP contribution in [0.5, 0.6) is 0 Å². The number of esters is 1. The van der Waals surface area contributed by atoms with Gasteiger partial charge in [0.15, 0.2) is 6.20 Å². The summed E-state index contributed by atoms with van der Waals surface area (Å²) >= 11 is 0. The van der Waals surface area contributed by atoms with E-state index < -0.39 is 17.6 Å². The lowest BCUT2D eigenvalue weighted by Gasteiger charge is -2.03. The van der Waals surface area contributed by atoms with E-state index in [-0.39, 0.29) is 16.9 Å². The van der Waals surface area contributed by atoms with Crippen molar-refractivity contribution in [2.24, 2.45) is 0 Å². The first-order valence-electron chi connectivity index (χ1n) is 4.20. The number of nitrogens with zero attached hydrogens (tertiary/aromatic N) is 1. The van der Waals surface area contributed by atoms with Gasteiger partial charge in [-0.2, -0.15) is 4.73 Å². The molecular formula is C9H9NO5.